The molecule has 0 amide bonds. The Labute approximate surface area is 163 Å². The van der Waals surface area contributed by atoms with Gasteiger partial charge in [-0.05, 0) is 56.2 Å². The third-order valence-corrected chi connectivity index (χ3v) is 6.92. The summed E-state index contributed by atoms with van der Waals surface area (Å²) in [5.74, 6) is 0.336. The Hall–Kier alpha value is -2.29. The number of benzene rings is 1. The lowest BCUT2D eigenvalue weighted by Gasteiger charge is -2.13. The minimum atomic E-state index is -3.72. The molecule has 0 aliphatic rings. The second-order valence-corrected chi connectivity index (χ2v) is 9.00. The minimum Gasteiger partial charge on any atom is -0.495 e. The molecule has 0 radical (unpaired) electrons. The smallest absolute Gasteiger partial charge is 0.244 e. The number of pyridine rings is 1. The van der Waals surface area contributed by atoms with Gasteiger partial charge in [-0.3, -0.25) is 4.98 Å². The molecule has 142 valence electrons. The lowest BCUT2D eigenvalue weighted by atomic mass is 10.1. The largest absolute Gasteiger partial charge is 0.495 e. The molecule has 3 rings (SSSR count). The van der Waals surface area contributed by atoms with Crippen LogP contribution in [0.25, 0.3) is 10.6 Å². The van der Waals surface area contributed by atoms with Gasteiger partial charge in [0.2, 0.25) is 10.0 Å². The monoisotopic (exact) mass is 403 g/mol. The average molecular weight is 404 g/mol. The van der Waals surface area contributed by atoms with Gasteiger partial charge in [0.25, 0.3) is 0 Å². The highest BCUT2D eigenvalue weighted by molar-refractivity contribution is 7.89. The maximum atomic E-state index is 12.8. The summed E-state index contributed by atoms with van der Waals surface area (Å²) < 4.78 is 33.6. The summed E-state index contributed by atoms with van der Waals surface area (Å²) in [5.41, 5.74) is 3.58. The Kier molecular flexibility index (Phi) is 5.59. The van der Waals surface area contributed by atoms with Crippen LogP contribution in [0.15, 0.2) is 41.6 Å². The quantitative estimate of drug-likeness (QED) is 0.680. The highest BCUT2D eigenvalue weighted by Crippen LogP contribution is 2.29. The number of methoxy groups -OCH3 is 1. The molecule has 0 atom stereocenters. The summed E-state index contributed by atoms with van der Waals surface area (Å²) in [4.78, 5) is 9.64. The predicted octanol–water partition coefficient (Wildman–Crippen LogP) is 3.62. The molecule has 3 aromatic rings. The van der Waals surface area contributed by atoms with Crippen molar-refractivity contribution in [1.82, 2.24) is 14.7 Å². The van der Waals surface area contributed by atoms with Crippen LogP contribution < -0.4 is 9.46 Å². The number of sulfonamides is 1. The molecule has 0 spiro atoms. The first kappa shape index (κ1) is 19.5. The van der Waals surface area contributed by atoms with E-state index in [1.54, 1.807) is 24.5 Å². The van der Waals surface area contributed by atoms with Gasteiger partial charge in [-0.15, -0.1) is 11.3 Å². The number of hydrogen-bond donors (Lipinski definition) is 1. The van der Waals surface area contributed by atoms with Crippen molar-refractivity contribution in [2.75, 3.05) is 7.11 Å². The maximum absolute atomic E-state index is 12.8. The molecular formula is C19H21N3O3S2. The topological polar surface area (TPSA) is 81.2 Å². The Balaban J connectivity index is 1.85. The van der Waals surface area contributed by atoms with Crippen LogP contribution >= 0.6 is 11.3 Å². The molecular weight excluding hydrogens is 382 g/mol. The fourth-order valence-electron chi connectivity index (χ4n) is 2.58. The average Bonchev–Trinajstić information content (AvgIpc) is 3.03. The van der Waals surface area contributed by atoms with E-state index < -0.39 is 10.0 Å². The fraction of sp³-hybridized carbons (Fsp3) is 0.263. The zero-order chi connectivity index (χ0) is 19.6. The molecule has 0 aliphatic heterocycles. The van der Waals surface area contributed by atoms with E-state index in [1.807, 2.05) is 32.9 Å². The Morgan fingerprint density at radius 1 is 1.19 bits per heavy atom. The third kappa shape index (κ3) is 4.18. The lowest BCUT2D eigenvalue weighted by molar-refractivity contribution is 0.402. The summed E-state index contributed by atoms with van der Waals surface area (Å²) in [7, 11) is -2.25. The number of hydrogen-bond acceptors (Lipinski definition) is 6. The first-order valence-corrected chi connectivity index (χ1v) is 10.6. The summed E-state index contributed by atoms with van der Waals surface area (Å²) in [6.45, 7) is 5.84. The van der Waals surface area contributed by atoms with Gasteiger partial charge in [0.1, 0.15) is 15.7 Å². The molecule has 0 aliphatic carbocycles. The zero-order valence-corrected chi connectivity index (χ0v) is 17.2. The number of rotatable bonds is 6. The molecule has 6 nitrogen and oxygen atoms in total. The molecule has 1 N–H and O–H groups in total. The van der Waals surface area contributed by atoms with Gasteiger partial charge in [-0.2, -0.15) is 0 Å². The van der Waals surface area contributed by atoms with E-state index >= 15 is 0 Å². The van der Waals surface area contributed by atoms with E-state index in [0.717, 1.165) is 32.3 Å². The molecule has 2 aromatic heterocycles. The SMILES string of the molecule is COc1cc(C)c(C)cc1S(=O)(=O)NCc1sc(-c2cccnc2)nc1C. The molecule has 0 saturated heterocycles. The molecule has 0 bridgehead atoms. The maximum Gasteiger partial charge on any atom is 0.244 e. The highest BCUT2D eigenvalue weighted by atomic mass is 32.2. The summed E-state index contributed by atoms with van der Waals surface area (Å²) >= 11 is 1.45. The fourth-order valence-corrected chi connectivity index (χ4v) is 4.89. The van der Waals surface area contributed by atoms with Crippen molar-refractivity contribution in [3.63, 3.8) is 0 Å². The van der Waals surface area contributed by atoms with E-state index in [9.17, 15) is 8.42 Å². The number of nitrogens with one attached hydrogen (secondary N) is 1. The van der Waals surface area contributed by atoms with Gasteiger partial charge in [0.05, 0.1) is 12.8 Å². The Morgan fingerprint density at radius 3 is 2.59 bits per heavy atom. The van der Waals surface area contributed by atoms with Crippen molar-refractivity contribution in [3.05, 3.63) is 58.4 Å². The van der Waals surface area contributed by atoms with Gasteiger partial charge in [0.15, 0.2) is 0 Å². The molecule has 27 heavy (non-hydrogen) atoms. The summed E-state index contributed by atoms with van der Waals surface area (Å²) in [6.07, 6.45) is 3.45. The molecule has 2 heterocycles. The van der Waals surface area contributed by atoms with E-state index in [-0.39, 0.29) is 11.4 Å². The van der Waals surface area contributed by atoms with Gasteiger partial charge in [0, 0.05) is 29.4 Å². The van der Waals surface area contributed by atoms with Crippen LogP contribution in [0.5, 0.6) is 5.75 Å². The molecule has 0 unspecified atom stereocenters. The number of ether oxygens (including phenoxy) is 1. The van der Waals surface area contributed by atoms with E-state index in [2.05, 4.69) is 14.7 Å². The highest BCUT2D eigenvalue weighted by Gasteiger charge is 2.21. The third-order valence-electron chi connectivity index (χ3n) is 4.29. The van der Waals surface area contributed by atoms with Gasteiger partial charge in [-0.25, -0.2) is 18.1 Å². The second kappa shape index (κ2) is 7.75. The molecule has 8 heteroatoms. The lowest BCUT2D eigenvalue weighted by Crippen LogP contribution is -2.24. The van der Waals surface area contributed by atoms with Crippen LogP contribution in [0.2, 0.25) is 0 Å². The van der Waals surface area contributed by atoms with Crippen LogP contribution in [0.4, 0.5) is 0 Å². The van der Waals surface area contributed by atoms with E-state index in [0.29, 0.717) is 5.75 Å². The van der Waals surface area contributed by atoms with Crippen molar-refractivity contribution in [2.24, 2.45) is 0 Å². The van der Waals surface area contributed by atoms with E-state index in [4.69, 9.17) is 4.74 Å². The van der Waals surface area contributed by atoms with Crippen molar-refractivity contribution in [2.45, 2.75) is 32.2 Å². The summed E-state index contributed by atoms with van der Waals surface area (Å²) in [6, 6.07) is 7.15. The van der Waals surface area contributed by atoms with Crippen LogP contribution in [0.1, 0.15) is 21.7 Å². The number of nitrogens with zero attached hydrogens (tertiary/aromatic N) is 2. The van der Waals surface area contributed by atoms with Crippen molar-refractivity contribution >= 4 is 21.4 Å². The molecule has 1 aromatic carbocycles. The standard InChI is InChI=1S/C19H21N3O3S2/c1-12-8-16(25-4)18(9-13(12)2)27(23,24)21-11-17-14(3)22-19(26-17)15-6-5-7-20-10-15/h5-10,21H,11H2,1-4H3. The van der Waals surface area contributed by atoms with Crippen molar-refractivity contribution < 1.29 is 13.2 Å². The van der Waals surface area contributed by atoms with Crippen LogP contribution in [0.3, 0.4) is 0 Å². The molecule has 0 fully saturated rings. The number of aryl methyl sites for hydroxylation is 3. The van der Waals surface area contributed by atoms with Gasteiger partial charge >= 0.3 is 0 Å². The number of aromatic nitrogens is 2. The predicted molar refractivity (Wildman–Crippen MR) is 107 cm³/mol. The van der Waals surface area contributed by atoms with Gasteiger partial charge < -0.3 is 4.74 Å². The second-order valence-electron chi connectivity index (χ2n) is 6.18. The Bertz CT molecular complexity index is 1060. The molecule has 0 saturated carbocycles. The van der Waals surface area contributed by atoms with Crippen LogP contribution in [-0.4, -0.2) is 25.5 Å². The van der Waals surface area contributed by atoms with Crippen LogP contribution in [0, 0.1) is 20.8 Å². The first-order valence-electron chi connectivity index (χ1n) is 8.33. The summed E-state index contributed by atoms with van der Waals surface area (Å²) in [5, 5.41) is 0.818. The number of thiazole rings is 1. The zero-order valence-electron chi connectivity index (χ0n) is 15.6. The van der Waals surface area contributed by atoms with Gasteiger partial charge in [-0.1, -0.05) is 0 Å². The Morgan fingerprint density at radius 2 is 1.93 bits per heavy atom. The minimum absolute atomic E-state index is 0.141. The normalized spacial score (nSPS) is 11.6. The van der Waals surface area contributed by atoms with Crippen molar-refractivity contribution in [1.29, 1.82) is 0 Å². The van der Waals surface area contributed by atoms with Crippen LogP contribution in [-0.2, 0) is 16.6 Å². The first-order chi connectivity index (χ1) is 12.8. The van der Waals surface area contributed by atoms with Crippen molar-refractivity contribution in [3.8, 4) is 16.3 Å². The van der Waals surface area contributed by atoms with E-state index in [1.165, 1.54) is 18.4 Å².